The van der Waals surface area contributed by atoms with Crippen LogP contribution in [0.15, 0.2) is 18.2 Å². The topological polar surface area (TPSA) is 58.6 Å². The summed E-state index contributed by atoms with van der Waals surface area (Å²) in [5.41, 5.74) is 1.90. The number of carbonyl (C=O) groups excluding carboxylic acids is 2. The van der Waals surface area contributed by atoms with Gasteiger partial charge in [-0.25, -0.2) is 0 Å². The number of ether oxygens (including phenoxy) is 1. The van der Waals surface area contributed by atoms with Crippen LogP contribution >= 0.6 is 0 Å². The third-order valence-electron chi connectivity index (χ3n) is 5.25. The Morgan fingerprint density at radius 3 is 2.56 bits per heavy atom. The third kappa shape index (κ3) is 3.97. The highest BCUT2D eigenvalue weighted by atomic mass is 16.5. The summed E-state index contributed by atoms with van der Waals surface area (Å²) in [6.07, 6.45) is 2.22. The van der Waals surface area contributed by atoms with Crippen LogP contribution < -0.4 is 10.1 Å². The first kappa shape index (κ1) is 17.8. The number of amides is 2. The Labute approximate surface area is 149 Å². The van der Waals surface area contributed by atoms with Gasteiger partial charge in [0.25, 0.3) is 0 Å². The molecule has 25 heavy (non-hydrogen) atoms. The highest BCUT2D eigenvalue weighted by Gasteiger charge is 2.36. The zero-order valence-electron chi connectivity index (χ0n) is 15.6. The van der Waals surface area contributed by atoms with Gasteiger partial charge in [-0.15, -0.1) is 0 Å². The molecule has 0 radical (unpaired) electrons. The lowest BCUT2D eigenvalue weighted by molar-refractivity contribution is -0.134. The molecule has 1 aromatic rings. The minimum atomic E-state index is -0.309. The Morgan fingerprint density at radius 1 is 1.24 bits per heavy atom. The lowest BCUT2D eigenvalue weighted by Gasteiger charge is -2.39. The molecule has 1 fully saturated rings. The summed E-state index contributed by atoms with van der Waals surface area (Å²) in [5, 5.41) is 3.24. The first-order valence-electron chi connectivity index (χ1n) is 9.10. The monoisotopic (exact) mass is 344 g/mol. The standard InChI is InChI=1S/C20H28N2O3/c1-13-5-6-16-17(12-20(3,4)25-18(16)11-13)21-19(24)15-7-9-22(10-8-15)14(2)23/h5-6,11,15,17H,7-10,12H2,1-4H3,(H,21,24)/t17-/m0/s1. The number of rotatable bonds is 2. The van der Waals surface area contributed by atoms with Gasteiger partial charge in [-0.2, -0.15) is 0 Å². The van der Waals surface area contributed by atoms with Crippen molar-refractivity contribution in [3.05, 3.63) is 29.3 Å². The Kier molecular flexibility index (Phi) is 4.76. The zero-order valence-corrected chi connectivity index (χ0v) is 15.6. The Bertz CT molecular complexity index is 676. The van der Waals surface area contributed by atoms with E-state index in [0.717, 1.165) is 36.1 Å². The summed E-state index contributed by atoms with van der Waals surface area (Å²) in [5.74, 6) is 1.04. The molecule has 5 nitrogen and oxygen atoms in total. The molecule has 1 atom stereocenters. The molecule has 136 valence electrons. The number of hydrogen-bond acceptors (Lipinski definition) is 3. The molecule has 0 bridgehead atoms. The van der Waals surface area contributed by atoms with Crippen LogP contribution in [0.1, 0.15) is 57.2 Å². The molecule has 0 aliphatic carbocycles. The van der Waals surface area contributed by atoms with Gasteiger partial charge in [0, 0.05) is 37.9 Å². The highest BCUT2D eigenvalue weighted by molar-refractivity contribution is 5.80. The van der Waals surface area contributed by atoms with Crippen molar-refractivity contribution in [2.24, 2.45) is 5.92 Å². The Hall–Kier alpha value is -2.04. The molecule has 1 aromatic carbocycles. The van der Waals surface area contributed by atoms with Crippen LogP contribution in [0.4, 0.5) is 0 Å². The van der Waals surface area contributed by atoms with Crippen LogP contribution in [0, 0.1) is 12.8 Å². The van der Waals surface area contributed by atoms with Crippen molar-refractivity contribution in [2.75, 3.05) is 13.1 Å². The molecular weight excluding hydrogens is 316 g/mol. The van der Waals surface area contributed by atoms with Crippen LogP contribution in [-0.2, 0) is 9.59 Å². The van der Waals surface area contributed by atoms with E-state index < -0.39 is 0 Å². The van der Waals surface area contributed by atoms with Gasteiger partial charge < -0.3 is 15.0 Å². The number of carbonyl (C=O) groups is 2. The Balaban J connectivity index is 1.70. The largest absolute Gasteiger partial charge is 0.487 e. The maximum absolute atomic E-state index is 12.8. The van der Waals surface area contributed by atoms with Crippen LogP contribution in [0.2, 0.25) is 0 Å². The molecule has 2 heterocycles. The molecule has 2 amide bonds. The summed E-state index contributed by atoms with van der Waals surface area (Å²) < 4.78 is 6.10. The number of nitrogens with zero attached hydrogens (tertiary/aromatic N) is 1. The van der Waals surface area contributed by atoms with E-state index >= 15 is 0 Å². The summed E-state index contributed by atoms with van der Waals surface area (Å²) >= 11 is 0. The molecular formula is C20H28N2O3. The lowest BCUT2D eigenvalue weighted by atomic mass is 9.88. The molecule has 5 heteroatoms. The summed E-state index contributed by atoms with van der Waals surface area (Å²) in [6, 6.07) is 6.13. The van der Waals surface area contributed by atoms with Gasteiger partial charge in [0.05, 0.1) is 6.04 Å². The zero-order chi connectivity index (χ0) is 18.2. The van der Waals surface area contributed by atoms with E-state index in [1.54, 1.807) is 6.92 Å². The van der Waals surface area contributed by atoms with Crippen molar-refractivity contribution >= 4 is 11.8 Å². The molecule has 3 rings (SSSR count). The molecule has 1 saturated heterocycles. The number of piperidine rings is 1. The molecule has 0 saturated carbocycles. The van der Waals surface area contributed by atoms with Crippen LogP contribution in [0.5, 0.6) is 5.75 Å². The van der Waals surface area contributed by atoms with Gasteiger partial charge in [-0.3, -0.25) is 9.59 Å². The van der Waals surface area contributed by atoms with Crippen molar-refractivity contribution in [1.29, 1.82) is 0 Å². The summed E-state index contributed by atoms with van der Waals surface area (Å²) in [4.78, 5) is 26.0. The van der Waals surface area contributed by atoms with Gasteiger partial charge in [-0.1, -0.05) is 12.1 Å². The molecule has 0 aromatic heterocycles. The van der Waals surface area contributed by atoms with Crippen molar-refractivity contribution in [1.82, 2.24) is 10.2 Å². The second-order valence-electron chi connectivity index (χ2n) is 7.95. The van der Waals surface area contributed by atoms with Gasteiger partial charge in [0.15, 0.2) is 0 Å². The molecule has 1 N–H and O–H groups in total. The number of benzene rings is 1. The van der Waals surface area contributed by atoms with Gasteiger partial charge >= 0.3 is 0 Å². The fourth-order valence-electron chi connectivity index (χ4n) is 3.83. The summed E-state index contributed by atoms with van der Waals surface area (Å²) in [7, 11) is 0. The van der Waals surface area contributed by atoms with E-state index in [2.05, 4.69) is 31.3 Å². The second kappa shape index (κ2) is 6.70. The normalized spacial score (nSPS) is 22.7. The predicted molar refractivity (Wildman–Crippen MR) is 96.4 cm³/mol. The number of likely N-dealkylation sites (tertiary alicyclic amines) is 1. The minimum absolute atomic E-state index is 0.0181. The first-order chi connectivity index (χ1) is 11.7. The van der Waals surface area contributed by atoms with E-state index in [9.17, 15) is 9.59 Å². The quantitative estimate of drug-likeness (QED) is 0.897. The van der Waals surface area contributed by atoms with Crippen molar-refractivity contribution < 1.29 is 14.3 Å². The Morgan fingerprint density at radius 2 is 1.92 bits per heavy atom. The average Bonchev–Trinajstić information content (AvgIpc) is 2.53. The van der Waals surface area contributed by atoms with Crippen LogP contribution in [0.3, 0.4) is 0 Å². The predicted octanol–water partition coefficient (Wildman–Crippen LogP) is 2.97. The fourth-order valence-corrected chi connectivity index (χ4v) is 3.83. The first-order valence-corrected chi connectivity index (χ1v) is 9.10. The fraction of sp³-hybridized carbons (Fsp3) is 0.600. The van der Waals surface area contributed by atoms with Crippen LogP contribution in [-0.4, -0.2) is 35.4 Å². The van der Waals surface area contributed by atoms with Crippen molar-refractivity contribution in [2.45, 2.75) is 58.6 Å². The van der Waals surface area contributed by atoms with Gasteiger partial charge in [0.2, 0.25) is 11.8 Å². The minimum Gasteiger partial charge on any atom is -0.487 e. The van der Waals surface area contributed by atoms with Crippen molar-refractivity contribution in [3.8, 4) is 5.75 Å². The van der Waals surface area contributed by atoms with Gasteiger partial charge in [-0.05, 0) is 45.2 Å². The van der Waals surface area contributed by atoms with Crippen molar-refractivity contribution in [3.63, 3.8) is 0 Å². The maximum atomic E-state index is 12.8. The van der Waals surface area contributed by atoms with E-state index in [1.807, 2.05) is 17.9 Å². The second-order valence-corrected chi connectivity index (χ2v) is 7.95. The number of aryl methyl sites for hydroxylation is 1. The van der Waals surface area contributed by atoms with E-state index in [0.29, 0.717) is 13.1 Å². The molecule has 0 unspecified atom stereocenters. The van der Waals surface area contributed by atoms with E-state index in [-0.39, 0.29) is 29.4 Å². The van der Waals surface area contributed by atoms with E-state index in [4.69, 9.17) is 4.74 Å². The molecule has 0 spiro atoms. The lowest BCUT2D eigenvalue weighted by Crippen LogP contribution is -2.45. The molecule has 2 aliphatic rings. The summed E-state index contributed by atoms with van der Waals surface area (Å²) in [6.45, 7) is 9.08. The average molecular weight is 344 g/mol. The van der Waals surface area contributed by atoms with Gasteiger partial charge in [0.1, 0.15) is 11.4 Å². The SMILES string of the molecule is CC(=O)N1CCC(C(=O)N[C@H]2CC(C)(C)Oc3cc(C)ccc32)CC1. The number of hydrogen-bond donors (Lipinski definition) is 1. The van der Waals surface area contributed by atoms with E-state index in [1.165, 1.54) is 0 Å². The number of nitrogens with one attached hydrogen (secondary N) is 1. The third-order valence-corrected chi connectivity index (χ3v) is 5.25. The smallest absolute Gasteiger partial charge is 0.223 e. The number of fused-ring (bicyclic) bond motifs is 1. The maximum Gasteiger partial charge on any atom is 0.223 e. The highest BCUT2D eigenvalue weighted by Crippen LogP contribution is 2.40. The van der Waals surface area contributed by atoms with Crippen LogP contribution in [0.25, 0.3) is 0 Å². The molecule has 2 aliphatic heterocycles.